The van der Waals surface area contributed by atoms with Gasteiger partial charge in [-0.1, -0.05) is 0 Å². The Kier molecular flexibility index (Phi) is 4.14. The summed E-state index contributed by atoms with van der Waals surface area (Å²) in [7, 11) is 4.20. The first-order valence-electron chi connectivity index (χ1n) is 6.55. The third-order valence-electron chi connectivity index (χ3n) is 3.71. The summed E-state index contributed by atoms with van der Waals surface area (Å²) in [5, 5.41) is 0. The lowest BCUT2D eigenvalue weighted by Crippen LogP contribution is -2.50. The summed E-state index contributed by atoms with van der Waals surface area (Å²) in [6.45, 7) is 5.87. The first-order valence-corrected chi connectivity index (χ1v) is 6.55. The van der Waals surface area contributed by atoms with E-state index in [-0.39, 0.29) is 5.78 Å². The van der Waals surface area contributed by atoms with Gasteiger partial charge in [0.15, 0.2) is 11.6 Å². The van der Waals surface area contributed by atoms with Crippen LogP contribution in [0.15, 0.2) is 12.4 Å². The molecule has 1 aromatic heterocycles. The molecule has 0 bridgehead atoms. The molecule has 1 saturated heterocycles. The van der Waals surface area contributed by atoms with Gasteiger partial charge in [0, 0.05) is 51.0 Å². The van der Waals surface area contributed by atoms with Gasteiger partial charge in [0.05, 0.1) is 0 Å². The second kappa shape index (κ2) is 5.63. The van der Waals surface area contributed by atoms with Crippen molar-refractivity contribution in [2.24, 2.45) is 0 Å². The van der Waals surface area contributed by atoms with Crippen molar-refractivity contribution in [3.8, 4) is 0 Å². The number of aryl methyl sites for hydroxylation is 1. The van der Waals surface area contributed by atoms with Crippen molar-refractivity contribution in [1.82, 2.24) is 19.4 Å². The van der Waals surface area contributed by atoms with Gasteiger partial charge < -0.3 is 14.4 Å². The maximum atomic E-state index is 12.3. The van der Waals surface area contributed by atoms with E-state index in [1.54, 1.807) is 6.20 Å². The molecular formula is C13H22N4O. The van der Waals surface area contributed by atoms with Crippen molar-refractivity contribution >= 4 is 5.78 Å². The average Bonchev–Trinajstić information content (AvgIpc) is 2.82. The van der Waals surface area contributed by atoms with Crippen LogP contribution >= 0.6 is 0 Å². The average molecular weight is 250 g/mol. The van der Waals surface area contributed by atoms with Crippen LogP contribution in [0.4, 0.5) is 0 Å². The third kappa shape index (κ3) is 2.79. The van der Waals surface area contributed by atoms with Crippen LogP contribution in [0.3, 0.4) is 0 Å². The number of hydrogen-bond donors (Lipinski definition) is 0. The lowest BCUT2D eigenvalue weighted by molar-refractivity contribution is 0.0798. The second-order valence-corrected chi connectivity index (χ2v) is 5.06. The molecule has 0 saturated carbocycles. The zero-order valence-electron chi connectivity index (χ0n) is 11.5. The Labute approximate surface area is 108 Å². The number of likely N-dealkylation sites (N-methyl/N-ethyl adjacent to an activating group) is 2. The summed E-state index contributed by atoms with van der Waals surface area (Å²) in [6, 6.07) is 0.304. The van der Waals surface area contributed by atoms with Crippen LogP contribution in [0, 0.1) is 0 Å². The van der Waals surface area contributed by atoms with Crippen molar-refractivity contribution in [3.05, 3.63) is 18.2 Å². The van der Waals surface area contributed by atoms with Crippen LogP contribution in [-0.2, 0) is 6.54 Å². The SMILES string of the molecule is CCn1ccnc1C(=O)CC1CN(C)CCN1C. The number of rotatable bonds is 4. The molecule has 1 aliphatic rings. The minimum Gasteiger partial charge on any atom is -0.329 e. The van der Waals surface area contributed by atoms with Crippen molar-refractivity contribution in [2.75, 3.05) is 33.7 Å². The van der Waals surface area contributed by atoms with Crippen molar-refractivity contribution in [2.45, 2.75) is 25.9 Å². The molecular weight excluding hydrogens is 228 g/mol. The van der Waals surface area contributed by atoms with Crippen LogP contribution in [0.2, 0.25) is 0 Å². The van der Waals surface area contributed by atoms with Gasteiger partial charge >= 0.3 is 0 Å². The van der Waals surface area contributed by atoms with E-state index in [1.807, 2.05) is 17.7 Å². The summed E-state index contributed by atoms with van der Waals surface area (Å²) < 4.78 is 1.91. The minimum atomic E-state index is 0.147. The smallest absolute Gasteiger partial charge is 0.199 e. The standard InChI is InChI=1S/C13H22N4O/c1-4-17-6-5-14-13(17)12(18)9-11-10-15(2)7-8-16(11)3/h5-6,11H,4,7-10H2,1-3H3. The fraction of sp³-hybridized carbons (Fsp3) is 0.692. The van der Waals surface area contributed by atoms with E-state index >= 15 is 0 Å². The lowest BCUT2D eigenvalue weighted by atomic mass is 10.1. The predicted molar refractivity (Wildman–Crippen MR) is 70.8 cm³/mol. The lowest BCUT2D eigenvalue weighted by Gasteiger charge is -2.37. The summed E-state index contributed by atoms with van der Waals surface area (Å²) in [5.74, 6) is 0.744. The van der Waals surface area contributed by atoms with E-state index in [0.29, 0.717) is 18.3 Å². The number of piperazine rings is 1. The van der Waals surface area contributed by atoms with Crippen LogP contribution in [0.1, 0.15) is 24.0 Å². The molecule has 2 heterocycles. The maximum absolute atomic E-state index is 12.3. The fourth-order valence-corrected chi connectivity index (χ4v) is 2.44. The molecule has 5 heteroatoms. The van der Waals surface area contributed by atoms with Gasteiger partial charge in [-0.3, -0.25) is 4.79 Å². The highest BCUT2D eigenvalue weighted by molar-refractivity contribution is 5.93. The van der Waals surface area contributed by atoms with Gasteiger partial charge in [-0.2, -0.15) is 0 Å². The first-order chi connectivity index (χ1) is 8.61. The molecule has 0 radical (unpaired) electrons. The van der Waals surface area contributed by atoms with E-state index in [1.165, 1.54) is 0 Å². The maximum Gasteiger partial charge on any atom is 0.199 e. The Hall–Kier alpha value is -1.20. The summed E-state index contributed by atoms with van der Waals surface area (Å²) in [4.78, 5) is 21.0. The van der Waals surface area contributed by atoms with Gasteiger partial charge in [0.2, 0.25) is 0 Å². The number of aromatic nitrogens is 2. The molecule has 0 aromatic carbocycles. The Morgan fingerprint density at radius 2 is 2.22 bits per heavy atom. The summed E-state index contributed by atoms with van der Waals surface area (Å²) >= 11 is 0. The molecule has 100 valence electrons. The van der Waals surface area contributed by atoms with Crippen molar-refractivity contribution in [3.63, 3.8) is 0 Å². The molecule has 1 aliphatic heterocycles. The molecule has 1 aromatic rings. The van der Waals surface area contributed by atoms with Gasteiger partial charge in [0.25, 0.3) is 0 Å². The number of carbonyl (C=O) groups excluding carboxylic acids is 1. The highest BCUT2D eigenvalue weighted by Crippen LogP contribution is 2.13. The number of carbonyl (C=O) groups is 1. The summed E-state index contributed by atoms with van der Waals surface area (Å²) in [5.41, 5.74) is 0. The zero-order valence-corrected chi connectivity index (χ0v) is 11.5. The zero-order chi connectivity index (χ0) is 13.1. The Morgan fingerprint density at radius 1 is 1.44 bits per heavy atom. The molecule has 1 fully saturated rings. The highest BCUT2D eigenvalue weighted by Gasteiger charge is 2.26. The van der Waals surface area contributed by atoms with E-state index in [2.05, 4.69) is 28.9 Å². The van der Waals surface area contributed by atoms with Gasteiger partial charge in [-0.15, -0.1) is 0 Å². The van der Waals surface area contributed by atoms with Crippen molar-refractivity contribution < 1.29 is 4.79 Å². The molecule has 2 rings (SSSR count). The molecule has 1 unspecified atom stereocenters. The van der Waals surface area contributed by atoms with E-state index < -0.39 is 0 Å². The van der Waals surface area contributed by atoms with Gasteiger partial charge in [0.1, 0.15) is 0 Å². The molecule has 0 aliphatic carbocycles. The minimum absolute atomic E-state index is 0.147. The van der Waals surface area contributed by atoms with E-state index in [9.17, 15) is 4.79 Å². The number of imidazole rings is 1. The molecule has 0 N–H and O–H groups in total. The topological polar surface area (TPSA) is 41.4 Å². The summed E-state index contributed by atoms with van der Waals surface area (Å²) in [6.07, 6.45) is 4.12. The number of ketones is 1. The first kappa shape index (κ1) is 13.2. The predicted octanol–water partition coefficient (Wildman–Crippen LogP) is 0.722. The molecule has 1 atom stereocenters. The number of Topliss-reactive ketones (excluding diaryl/α,β-unsaturated/α-hetero) is 1. The Morgan fingerprint density at radius 3 is 2.94 bits per heavy atom. The van der Waals surface area contributed by atoms with E-state index in [0.717, 1.165) is 26.2 Å². The van der Waals surface area contributed by atoms with Crippen LogP contribution in [0.5, 0.6) is 0 Å². The third-order valence-corrected chi connectivity index (χ3v) is 3.71. The van der Waals surface area contributed by atoms with Gasteiger partial charge in [-0.05, 0) is 21.0 Å². The Balaban J connectivity index is 2.02. The molecule has 0 spiro atoms. The largest absolute Gasteiger partial charge is 0.329 e. The second-order valence-electron chi connectivity index (χ2n) is 5.06. The molecule has 18 heavy (non-hydrogen) atoms. The monoisotopic (exact) mass is 250 g/mol. The van der Waals surface area contributed by atoms with Crippen LogP contribution < -0.4 is 0 Å². The van der Waals surface area contributed by atoms with Crippen LogP contribution in [0.25, 0.3) is 0 Å². The highest BCUT2D eigenvalue weighted by atomic mass is 16.1. The van der Waals surface area contributed by atoms with Crippen molar-refractivity contribution in [1.29, 1.82) is 0 Å². The van der Waals surface area contributed by atoms with E-state index in [4.69, 9.17) is 0 Å². The fourth-order valence-electron chi connectivity index (χ4n) is 2.44. The normalized spacial score (nSPS) is 22.3. The number of nitrogens with zero attached hydrogens (tertiary/aromatic N) is 4. The number of hydrogen-bond acceptors (Lipinski definition) is 4. The quantitative estimate of drug-likeness (QED) is 0.739. The van der Waals surface area contributed by atoms with Crippen LogP contribution in [-0.4, -0.2) is 64.9 Å². The van der Waals surface area contributed by atoms with Gasteiger partial charge in [-0.25, -0.2) is 4.98 Å². The Bertz CT molecular complexity index is 415. The molecule has 0 amide bonds. The molecule has 5 nitrogen and oxygen atoms in total.